The fourth-order valence-electron chi connectivity index (χ4n) is 0. The van der Waals surface area contributed by atoms with Gasteiger partial charge in [0, 0.05) is 89.5 Å². The molecule has 0 aliphatic heterocycles. The molecule has 0 aliphatic carbocycles. The third-order valence-corrected chi connectivity index (χ3v) is 0. The Hall–Kier alpha value is 2.72. The largest absolute Gasteiger partial charge is 0 e. The Balaban J connectivity index is 0. The van der Waals surface area contributed by atoms with Crippen LogP contribution in [0, 0.1) is 0 Å². The van der Waals surface area contributed by atoms with Crippen LogP contribution >= 0.6 is 0 Å². The van der Waals surface area contributed by atoms with Gasteiger partial charge in [-0.2, -0.15) is 0 Å². The van der Waals surface area contributed by atoms with Crippen molar-refractivity contribution >= 4 is 34.0 Å². The Bertz CT molecular complexity index is 11.6. The number of rotatable bonds is 0. The molecule has 0 saturated carbocycles. The van der Waals surface area contributed by atoms with Gasteiger partial charge in [0.1, 0.15) is 0 Å². The van der Waals surface area contributed by atoms with Gasteiger partial charge in [-0.25, -0.2) is 0 Å². The van der Waals surface area contributed by atoms with E-state index < -0.39 is 0 Å². The summed E-state index contributed by atoms with van der Waals surface area (Å²) in [5, 5.41) is 0. The van der Waals surface area contributed by atoms with Crippen LogP contribution in [0.5, 0.6) is 0 Å². The van der Waals surface area contributed by atoms with Crippen LogP contribution in [0.2, 0.25) is 0 Å². The molecule has 0 saturated heterocycles. The monoisotopic (exact) mass is 258 g/mol. The third kappa shape index (κ3) is 20.2. The Morgan fingerprint density at radius 1 is 1.00 bits per heavy atom. The molecular weight excluding hydrogens is 256 g/mol. The molecule has 0 nitrogen and oxygen atoms in total. The van der Waals surface area contributed by atoms with Crippen LogP contribution in [-0.2, 0) is 55.5 Å². The Morgan fingerprint density at radius 3 is 1.00 bits per heavy atom. The maximum atomic E-state index is 0. The molecule has 0 aromatic rings. The van der Waals surface area contributed by atoms with Crippen molar-refractivity contribution in [2.24, 2.45) is 0 Å². The van der Waals surface area contributed by atoms with Crippen LogP contribution < -0.4 is 0 Å². The van der Waals surface area contributed by atoms with E-state index in [0.29, 0.717) is 0 Å². The molecule has 0 aromatic heterocycles. The molecule has 5 heteroatoms. The Morgan fingerprint density at radius 2 is 1.00 bits per heavy atom. The van der Waals surface area contributed by atoms with Gasteiger partial charge in [-0.05, 0) is 0 Å². The van der Waals surface area contributed by atoms with Crippen LogP contribution in [0.25, 0.3) is 0 Å². The van der Waals surface area contributed by atoms with E-state index in [1.54, 1.807) is 0 Å². The zero-order chi connectivity index (χ0) is 0. The second-order valence-electron chi connectivity index (χ2n) is 0. The van der Waals surface area contributed by atoms with Crippen molar-refractivity contribution in [1.82, 2.24) is 0 Å². The first-order valence-corrected chi connectivity index (χ1v) is 0. The molecule has 0 aliphatic rings. The van der Waals surface area contributed by atoms with Crippen molar-refractivity contribution in [3.63, 3.8) is 0 Å². The van der Waals surface area contributed by atoms with Gasteiger partial charge in [0.05, 0.1) is 0 Å². The summed E-state index contributed by atoms with van der Waals surface area (Å²) in [6, 6.07) is 0. The van der Waals surface area contributed by atoms with Gasteiger partial charge in [0.2, 0.25) is 0 Å². The molecule has 0 bridgehead atoms. The first-order valence-electron chi connectivity index (χ1n) is 0. The molecule has 0 rings (SSSR count). The van der Waals surface area contributed by atoms with E-state index in [0.717, 1.165) is 0 Å². The molecule has 0 fully saturated rings. The topological polar surface area (TPSA) is 0 Å². The average molecular weight is 256 g/mol. The van der Waals surface area contributed by atoms with Gasteiger partial charge in [0.25, 0.3) is 0 Å². The quantitative estimate of drug-likeness (QED) is 0.499. The summed E-state index contributed by atoms with van der Waals surface area (Å²) < 4.78 is 0. The molecule has 6 radical (unpaired) electrons. The summed E-state index contributed by atoms with van der Waals surface area (Å²) in [6.45, 7) is 0. The van der Waals surface area contributed by atoms with Crippen LogP contribution in [0.15, 0.2) is 0 Å². The maximum Gasteiger partial charge on any atom is 0 e. The van der Waals surface area contributed by atoms with E-state index >= 15 is 0 Å². The first-order chi connectivity index (χ1) is 0. The minimum atomic E-state index is 0. The molecule has 26 valence electrons. The zero-order valence-corrected chi connectivity index (χ0v) is 9.18. The summed E-state index contributed by atoms with van der Waals surface area (Å²) in [5.74, 6) is 0. The normalized spacial score (nSPS) is 0. The summed E-state index contributed by atoms with van der Waals surface area (Å²) in [5.41, 5.74) is 0. The maximum absolute atomic E-state index is 0. The van der Waals surface area contributed by atoms with Crippen molar-refractivity contribution in [3.8, 4) is 0 Å². The van der Waals surface area contributed by atoms with Crippen molar-refractivity contribution < 1.29 is 55.5 Å². The van der Waals surface area contributed by atoms with Gasteiger partial charge in [-0.1, -0.05) is 0 Å². The molecule has 0 heterocycles. The summed E-state index contributed by atoms with van der Waals surface area (Å²) in [7, 11) is 0. The minimum absolute atomic E-state index is 0. The average Bonchev–Trinajstić information content (AvgIpc) is 0. The molecule has 0 N–H and O–H groups in total. The van der Waals surface area contributed by atoms with Gasteiger partial charge < -0.3 is 0 Å². The van der Waals surface area contributed by atoms with Crippen molar-refractivity contribution in [2.45, 2.75) is 0 Å². The molecule has 0 atom stereocenters. The molecule has 0 spiro atoms. The Kier molecular flexibility index (Phi) is 280. The zero-order valence-electron chi connectivity index (χ0n) is 2.38. The van der Waals surface area contributed by atoms with Crippen LogP contribution in [-0.4, -0.2) is 34.0 Å². The third-order valence-electron chi connectivity index (χ3n) is 0. The number of hydrogen-bond donors (Lipinski definition) is 0. The van der Waals surface area contributed by atoms with Crippen molar-refractivity contribution in [2.75, 3.05) is 0 Å². The minimum Gasteiger partial charge on any atom is 0 e. The van der Waals surface area contributed by atoms with Gasteiger partial charge in [0.15, 0.2) is 0 Å². The van der Waals surface area contributed by atoms with E-state index in [9.17, 15) is 0 Å². The molecule has 0 aromatic carbocycles. The van der Waals surface area contributed by atoms with Gasteiger partial charge in [-0.3, -0.25) is 0 Å². The summed E-state index contributed by atoms with van der Waals surface area (Å²) in [6.07, 6.45) is 0. The first kappa shape index (κ1) is 47.1. The Labute approximate surface area is 88.3 Å². The van der Waals surface area contributed by atoms with Crippen molar-refractivity contribution in [3.05, 3.63) is 0 Å². The van der Waals surface area contributed by atoms with E-state index in [1.165, 1.54) is 0 Å². The van der Waals surface area contributed by atoms with Crippen LogP contribution in [0.1, 0.15) is 0 Å². The van der Waals surface area contributed by atoms with Gasteiger partial charge in [-0.15, -0.1) is 0 Å². The predicted octanol–water partition coefficient (Wildman–Crippen LogP) is -0.769. The molecular formula is CrFeMgMoSi. The second kappa shape index (κ2) is 29.7. The van der Waals surface area contributed by atoms with Gasteiger partial charge >= 0.3 is 0 Å². The fourth-order valence-corrected chi connectivity index (χ4v) is 0. The van der Waals surface area contributed by atoms with E-state index in [1.807, 2.05) is 0 Å². The number of hydrogen-bond acceptors (Lipinski definition) is 0. The SMILES string of the molecule is [Cr].[Fe].[Mg].[Mo].[Si]. The predicted molar refractivity (Wildman–Crippen MR) is 11.5 cm³/mol. The van der Waals surface area contributed by atoms with E-state index in [4.69, 9.17) is 0 Å². The molecule has 5 heavy (non-hydrogen) atoms. The standard InChI is InChI=1S/Cr.Fe.Mg.Mo.Si. The molecule has 0 amide bonds. The second-order valence-corrected chi connectivity index (χ2v) is 0. The van der Waals surface area contributed by atoms with Crippen LogP contribution in [0.3, 0.4) is 0 Å². The summed E-state index contributed by atoms with van der Waals surface area (Å²) >= 11 is 0. The van der Waals surface area contributed by atoms with Crippen molar-refractivity contribution in [1.29, 1.82) is 0 Å². The van der Waals surface area contributed by atoms with E-state index in [-0.39, 0.29) is 89.5 Å². The van der Waals surface area contributed by atoms with Crippen LogP contribution in [0.4, 0.5) is 0 Å². The fraction of sp³-hybridized carbons (Fsp3) is 0. The smallest absolute Gasteiger partial charge is 0 e. The summed E-state index contributed by atoms with van der Waals surface area (Å²) in [4.78, 5) is 0. The van der Waals surface area contributed by atoms with E-state index in [2.05, 4.69) is 0 Å². The molecule has 0 unspecified atom stereocenters.